The monoisotopic (exact) mass is 326 g/mol. The van der Waals surface area contributed by atoms with Crippen LogP contribution in [0.4, 0.5) is 5.69 Å². The van der Waals surface area contributed by atoms with E-state index in [1.807, 2.05) is 31.2 Å². The zero-order valence-corrected chi connectivity index (χ0v) is 14.3. The van der Waals surface area contributed by atoms with E-state index in [9.17, 15) is 4.79 Å². The summed E-state index contributed by atoms with van der Waals surface area (Å²) in [7, 11) is 3.23. The molecule has 0 aliphatic heterocycles. The van der Waals surface area contributed by atoms with Crippen LogP contribution in [0, 0.1) is 0 Å². The van der Waals surface area contributed by atoms with E-state index < -0.39 is 0 Å². The first-order chi connectivity index (χ1) is 11.7. The predicted molar refractivity (Wildman–Crippen MR) is 92.9 cm³/mol. The molecular weight excluding hydrogens is 304 g/mol. The molecule has 1 heterocycles. The van der Waals surface area contributed by atoms with E-state index in [-0.39, 0.29) is 11.8 Å². The lowest BCUT2D eigenvalue weighted by atomic mass is 10.00. The molecule has 0 spiro atoms. The van der Waals surface area contributed by atoms with Crippen LogP contribution >= 0.6 is 0 Å². The third kappa shape index (κ3) is 3.07. The molecule has 1 atom stereocenters. The van der Waals surface area contributed by atoms with Crippen molar-refractivity contribution in [2.45, 2.75) is 32.1 Å². The maximum absolute atomic E-state index is 12.8. The number of hydrogen-bond acceptors (Lipinski definition) is 4. The summed E-state index contributed by atoms with van der Waals surface area (Å²) in [6.45, 7) is 2.01. The maximum Gasteiger partial charge on any atom is 0.231 e. The lowest BCUT2D eigenvalue weighted by molar-refractivity contribution is -0.117. The van der Waals surface area contributed by atoms with Crippen LogP contribution in [0.25, 0.3) is 0 Å². The number of benzene rings is 1. The number of hydrogen-bond donors (Lipinski definition) is 1. The molecule has 0 saturated heterocycles. The van der Waals surface area contributed by atoms with Gasteiger partial charge in [-0.3, -0.25) is 4.79 Å². The van der Waals surface area contributed by atoms with Crippen molar-refractivity contribution in [2.75, 3.05) is 19.5 Å². The van der Waals surface area contributed by atoms with Gasteiger partial charge >= 0.3 is 0 Å². The van der Waals surface area contributed by atoms with Gasteiger partial charge in [0.15, 0.2) is 0 Å². The van der Waals surface area contributed by atoms with Crippen molar-refractivity contribution in [3.8, 4) is 11.6 Å². The summed E-state index contributed by atoms with van der Waals surface area (Å²) in [4.78, 5) is 17.2. The highest BCUT2D eigenvalue weighted by Gasteiger charge is 2.29. The SMILES string of the molecule is CCc1nc(OC)ccc1NC(=O)C1CCc2ccc(OC)cc21. The number of fused-ring (bicyclic) bond motifs is 1. The van der Waals surface area contributed by atoms with Crippen LogP contribution in [0.2, 0.25) is 0 Å². The third-order valence-corrected chi connectivity index (χ3v) is 4.50. The van der Waals surface area contributed by atoms with Crippen molar-refractivity contribution in [1.29, 1.82) is 0 Å². The summed E-state index contributed by atoms with van der Waals surface area (Å²) in [6.07, 6.45) is 2.46. The van der Waals surface area contributed by atoms with Gasteiger partial charge in [0.25, 0.3) is 0 Å². The first-order valence-corrected chi connectivity index (χ1v) is 8.17. The van der Waals surface area contributed by atoms with E-state index in [1.165, 1.54) is 5.56 Å². The van der Waals surface area contributed by atoms with Gasteiger partial charge in [0.2, 0.25) is 11.8 Å². The third-order valence-electron chi connectivity index (χ3n) is 4.50. The number of amides is 1. The van der Waals surface area contributed by atoms with Crippen LogP contribution < -0.4 is 14.8 Å². The summed E-state index contributed by atoms with van der Waals surface area (Å²) in [5, 5.41) is 3.04. The highest BCUT2D eigenvalue weighted by molar-refractivity contribution is 5.97. The predicted octanol–water partition coefficient (Wildman–Crippen LogP) is 3.33. The fourth-order valence-corrected chi connectivity index (χ4v) is 3.18. The first kappa shape index (κ1) is 16.3. The van der Waals surface area contributed by atoms with Crippen molar-refractivity contribution in [2.24, 2.45) is 0 Å². The highest BCUT2D eigenvalue weighted by atomic mass is 16.5. The van der Waals surface area contributed by atoms with E-state index in [2.05, 4.69) is 10.3 Å². The van der Waals surface area contributed by atoms with E-state index in [1.54, 1.807) is 20.3 Å². The molecule has 1 aromatic heterocycles. The molecule has 5 nitrogen and oxygen atoms in total. The van der Waals surface area contributed by atoms with Gasteiger partial charge in [-0.1, -0.05) is 13.0 Å². The van der Waals surface area contributed by atoms with Gasteiger partial charge in [0, 0.05) is 6.07 Å². The van der Waals surface area contributed by atoms with E-state index in [0.717, 1.165) is 42.0 Å². The van der Waals surface area contributed by atoms with E-state index >= 15 is 0 Å². The normalized spacial score (nSPS) is 15.7. The van der Waals surface area contributed by atoms with Gasteiger partial charge in [0.1, 0.15) is 5.75 Å². The summed E-state index contributed by atoms with van der Waals surface area (Å²) in [6, 6.07) is 9.58. The average molecular weight is 326 g/mol. The quantitative estimate of drug-likeness (QED) is 0.915. The lowest BCUT2D eigenvalue weighted by Gasteiger charge is -2.15. The molecule has 1 aromatic carbocycles. The molecule has 3 rings (SSSR count). The van der Waals surface area contributed by atoms with Crippen LogP contribution in [0.15, 0.2) is 30.3 Å². The molecule has 0 radical (unpaired) electrons. The number of aryl methyl sites for hydroxylation is 2. The smallest absolute Gasteiger partial charge is 0.231 e. The molecule has 1 unspecified atom stereocenters. The Morgan fingerprint density at radius 2 is 2.08 bits per heavy atom. The number of nitrogens with zero attached hydrogens (tertiary/aromatic N) is 1. The molecule has 0 bridgehead atoms. The Hall–Kier alpha value is -2.56. The maximum atomic E-state index is 12.8. The topological polar surface area (TPSA) is 60.5 Å². The van der Waals surface area contributed by atoms with Gasteiger partial charge in [-0.25, -0.2) is 4.98 Å². The van der Waals surface area contributed by atoms with Crippen LogP contribution in [-0.2, 0) is 17.6 Å². The summed E-state index contributed by atoms with van der Waals surface area (Å²) in [5.74, 6) is 1.19. The number of anilines is 1. The molecule has 1 aliphatic carbocycles. The zero-order valence-electron chi connectivity index (χ0n) is 14.3. The molecule has 126 valence electrons. The van der Waals surface area contributed by atoms with Crippen molar-refractivity contribution >= 4 is 11.6 Å². The highest BCUT2D eigenvalue weighted by Crippen LogP contribution is 2.36. The van der Waals surface area contributed by atoms with Gasteiger partial charge in [-0.2, -0.15) is 0 Å². The Bertz CT molecular complexity index is 758. The number of carbonyl (C=O) groups is 1. The van der Waals surface area contributed by atoms with Crippen LogP contribution in [0.5, 0.6) is 11.6 Å². The largest absolute Gasteiger partial charge is 0.497 e. The Morgan fingerprint density at radius 3 is 2.79 bits per heavy atom. The lowest BCUT2D eigenvalue weighted by Crippen LogP contribution is -2.20. The number of ether oxygens (including phenoxy) is 2. The number of methoxy groups -OCH3 is 2. The minimum absolute atomic E-state index is 0.00340. The fourth-order valence-electron chi connectivity index (χ4n) is 3.18. The Morgan fingerprint density at radius 1 is 1.25 bits per heavy atom. The molecule has 5 heteroatoms. The Balaban J connectivity index is 1.82. The van der Waals surface area contributed by atoms with Crippen LogP contribution in [-0.4, -0.2) is 25.1 Å². The summed E-state index contributed by atoms with van der Waals surface area (Å²) < 4.78 is 10.4. The second-order valence-corrected chi connectivity index (χ2v) is 5.85. The number of carbonyl (C=O) groups excluding carboxylic acids is 1. The second-order valence-electron chi connectivity index (χ2n) is 5.85. The average Bonchev–Trinajstić information content (AvgIpc) is 3.05. The number of rotatable bonds is 5. The molecule has 1 amide bonds. The first-order valence-electron chi connectivity index (χ1n) is 8.17. The minimum Gasteiger partial charge on any atom is -0.497 e. The number of nitrogens with one attached hydrogen (secondary N) is 1. The molecule has 2 aromatic rings. The second kappa shape index (κ2) is 6.91. The van der Waals surface area contributed by atoms with Crippen molar-refractivity contribution in [3.05, 3.63) is 47.2 Å². The summed E-state index contributed by atoms with van der Waals surface area (Å²) in [5.41, 5.74) is 3.86. The van der Waals surface area contributed by atoms with Gasteiger partial charge in [0.05, 0.1) is 31.5 Å². The van der Waals surface area contributed by atoms with E-state index in [0.29, 0.717) is 5.88 Å². The van der Waals surface area contributed by atoms with Crippen molar-refractivity contribution in [1.82, 2.24) is 4.98 Å². The molecular formula is C19H22N2O3. The number of aromatic nitrogens is 1. The Labute approximate surface area is 142 Å². The number of pyridine rings is 1. The molecule has 24 heavy (non-hydrogen) atoms. The standard InChI is InChI=1S/C19H22N2O3/c1-4-16-17(9-10-18(20-16)24-3)21-19(22)14-8-6-12-5-7-13(23-2)11-15(12)14/h5,7,9-11,14H,4,6,8H2,1-3H3,(H,21,22). The van der Waals surface area contributed by atoms with E-state index in [4.69, 9.17) is 9.47 Å². The Kier molecular flexibility index (Phi) is 4.69. The van der Waals surface area contributed by atoms with Gasteiger partial charge in [-0.05, 0) is 48.6 Å². The zero-order chi connectivity index (χ0) is 17.1. The minimum atomic E-state index is -0.151. The van der Waals surface area contributed by atoms with Gasteiger partial charge in [-0.15, -0.1) is 0 Å². The molecule has 0 fully saturated rings. The molecule has 1 N–H and O–H groups in total. The molecule has 1 aliphatic rings. The van der Waals surface area contributed by atoms with Crippen molar-refractivity contribution in [3.63, 3.8) is 0 Å². The van der Waals surface area contributed by atoms with Crippen molar-refractivity contribution < 1.29 is 14.3 Å². The van der Waals surface area contributed by atoms with Crippen LogP contribution in [0.3, 0.4) is 0 Å². The summed E-state index contributed by atoms with van der Waals surface area (Å²) >= 11 is 0. The molecule has 0 saturated carbocycles. The van der Waals surface area contributed by atoms with Crippen LogP contribution in [0.1, 0.15) is 36.1 Å². The fraction of sp³-hybridized carbons (Fsp3) is 0.368. The van der Waals surface area contributed by atoms with Gasteiger partial charge < -0.3 is 14.8 Å².